The van der Waals surface area contributed by atoms with Gasteiger partial charge in [0.2, 0.25) is 18.0 Å². The van der Waals surface area contributed by atoms with E-state index in [1.165, 1.54) is 23.1 Å². The summed E-state index contributed by atoms with van der Waals surface area (Å²) in [4.78, 5) is 34.3. The van der Waals surface area contributed by atoms with Crippen LogP contribution in [0.5, 0.6) is 11.5 Å². The highest BCUT2D eigenvalue weighted by atomic mass is 32.2. The van der Waals surface area contributed by atoms with Gasteiger partial charge in [-0.3, -0.25) is 14.9 Å². The van der Waals surface area contributed by atoms with Crippen molar-refractivity contribution in [1.29, 1.82) is 0 Å². The van der Waals surface area contributed by atoms with Gasteiger partial charge in [0.1, 0.15) is 17.5 Å². The molecule has 0 aromatic heterocycles. The van der Waals surface area contributed by atoms with Gasteiger partial charge in [0.15, 0.2) is 0 Å². The lowest BCUT2D eigenvalue weighted by Gasteiger charge is -2.59. The molecule has 1 saturated carbocycles. The lowest BCUT2D eigenvalue weighted by Crippen LogP contribution is -2.69. The van der Waals surface area contributed by atoms with Gasteiger partial charge < -0.3 is 38.9 Å². The van der Waals surface area contributed by atoms with Crippen molar-refractivity contribution in [3.8, 4) is 11.5 Å². The highest BCUT2D eigenvalue weighted by molar-refractivity contribution is 7.99. The number of unbranched alkanes of at least 4 members (excludes halogenated alkanes) is 2. The largest absolute Gasteiger partial charge is 0.493 e. The van der Waals surface area contributed by atoms with Gasteiger partial charge in [-0.05, 0) is 110 Å². The number of hydrogen-bond donors (Lipinski definition) is 2. The predicted molar refractivity (Wildman–Crippen MR) is 247 cm³/mol. The number of thioether (sulfide) groups is 1. The number of oxime groups is 1. The number of rotatable bonds is 22. The zero-order valence-corrected chi connectivity index (χ0v) is 37.4. The van der Waals surface area contributed by atoms with Gasteiger partial charge in [-0.2, -0.15) is 0 Å². The van der Waals surface area contributed by atoms with E-state index in [4.69, 9.17) is 28.9 Å². The summed E-state index contributed by atoms with van der Waals surface area (Å²) >= 11 is 1.73. The first-order chi connectivity index (χ1) is 31.3. The fourth-order valence-electron chi connectivity index (χ4n) is 9.72. The average molecular weight is 896 g/mol. The van der Waals surface area contributed by atoms with Crippen molar-refractivity contribution in [3.63, 3.8) is 0 Å². The summed E-state index contributed by atoms with van der Waals surface area (Å²) in [5.41, 5.74) is 3.19. The van der Waals surface area contributed by atoms with Crippen LogP contribution in [0.4, 0.5) is 5.69 Å². The number of nitro benzene ring substituents is 1. The third-order valence-corrected chi connectivity index (χ3v) is 13.7. The van der Waals surface area contributed by atoms with E-state index < -0.39 is 29.0 Å². The van der Waals surface area contributed by atoms with E-state index in [0.29, 0.717) is 49.5 Å². The Morgan fingerprint density at radius 1 is 1.05 bits per heavy atom. The number of fused-ring (bicyclic) bond motifs is 2. The Morgan fingerprint density at radius 2 is 1.83 bits per heavy atom. The molecule has 2 heterocycles. The number of carbonyl (C=O) groups is 1. The van der Waals surface area contributed by atoms with Crippen LogP contribution in [0.15, 0.2) is 113 Å². The van der Waals surface area contributed by atoms with Crippen LogP contribution in [0.25, 0.3) is 6.08 Å². The number of amides is 1. The van der Waals surface area contributed by atoms with Crippen LogP contribution in [0.2, 0.25) is 0 Å². The summed E-state index contributed by atoms with van der Waals surface area (Å²) < 4.78 is 26.7. The van der Waals surface area contributed by atoms with E-state index in [0.717, 1.165) is 61.2 Å². The SMILES string of the molecule is C=CCO[C@@]12Oc3ccc(OCCSc4ccccc4)cc3[C@H]3[C@H](CCCCO)[C@@H](CCCCO)C=C(C(=NOC4CCCCO4)C[C@@H]1N(C)C(=O)C=Cc1ccc([N+](=O)[O-])cc1)[C@H]32. The average Bonchev–Trinajstić information content (AvgIpc) is 3.32. The fourth-order valence-corrected chi connectivity index (χ4v) is 10.5. The highest BCUT2D eigenvalue weighted by Gasteiger charge is 2.65. The summed E-state index contributed by atoms with van der Waals surface area (Å²) in [7, 11) is 1.74. The standard InChI is InChI=1S/C50H61N3O10S/c1-3-28-61-50-45(52(2)46(56)25-20-35-18-21-37(22-19-35)53(57)58)34-43(51-63-47-17-9-12-29-60-47)41-32-36(13-7-10-26-54)40(16-8-11-27-55)48(49(41)50)42-33-38(23-24-44(42)62-50)59-30-31-64-39-14-5-4-6-15-39/h3-6,14-15,18-25,32-33,36,40,45,47-49,54-55H,1,7-13,16-17,26-31,34H2,2H3/t36-,40+,45-,47?,48+,49+,50+/m0/s1. The van der Waals surface area contributed by atoms with E-state index in [1.807, 2.05) is 30.3 Å². The Kier molecular flexibility index (Phi) is 16.7. The summed E-state index contributed by atoms with van der Waals surface area (Å²) in [5, 5.41) is 36.1. The minimum absolute atomic E-state index is 0.0385. The summed E-state index contributed by atoms with van der Waals surface area (Å²) in [5.74, 6) is -0.158. The van der Waals surface area contributed by atoms with Crippen molar-refractivity contribution in [2.75, 3.05) is 45.8 Å². The summed E-state index contributed by atoms with van der Waals surface area (Å²) in [6.07, 6.45) is 14.1. The number of hydrogen-bond acceptors (Lipinski definition) is 12. The molecule has 0 bridgehead atoms. The van der Waals surface area contributed by atoms with Crippen LogP contribution in [0, 0.1) is 27.9 Å². The normalized spacial score (nSPS) is 25.4. The Labute approximate surface area is 380 Å². The first kappa shape index (κ1) is 47.0. The van der Waals surface area contributed by atoms with Crippen LogP contribution < -0.4 is 9.47 Å². The van der Waals surface area contributed by atoms with Crippen LogP contribution >= 0.6 is 11.8 Å². The predicted octanol–water partition coefficient (Wildman–Crippen LogP) is 9.10. The maximum Gasteiger partial charge on any atom is 0.269 e. The Bertz CT molecular complexity index is 2120. The minimum Gasteiger partial charge on any atom is -0.493 e. The van der Waals surface area contributed by atoms with Crippen molar-refractivity contribution in [2.45, 2.75) is 93.1 Å². The van der Waals surface area contributed by atoms with Crippen molar-refractivity contribution in [2.24, 2.45) is 22.9 Å². The fraction of sp³-hybridized carbons (Fsp3) is 0.480. The first-order valence-electron chi connectivity index (χ1n) is 22.6. The Hall–Kier alpha value is -4.99. The van der Waals surface area contributed by atoms with Crippen LogP contribution in [0.3, 0.4) is 0 Å². The quantitative estimate of drug-likeness (QED) is 0.0247. The first-order valence-corrected chi connectivity index (χ1v) is 23.6. The zero-order valence-electron chi connectivity index (χ0n) is 36.6. The van der Waals surface area contributed by atoms with E-state index >= 15 is 0 Å². The minimum atomic E-state index is -1.41. The molecular weight excluding hydrogens is 835 g/mol. The number of aliphatic hydroxyl groups is 2. The molecule has 7 rings (SSSR count). The van der Waals surface area contributed by atoms with Crippen molar-refractivity contribution in [1.82, 2.24) is 4.90 Å². The number of non-ortho nitro benzene ring substituents is 1. The van der Waals surface area contributed by atoms with Gasteiger partial charge >= 0.3 is 0 Å². The molecule has 2 aliphatic carbocycles. The van der Waals surface area contributed by atoms with E-state index in [1.54, 1.807) is 48.0 Å². The molecule has 342 valence electrons. The number of nitrogens with zero attached hydrogens (tertiary/aromatic N) is 3. The van der Waals surface area contributed by atoms with Crippen molar-refractivity contribution >= 4 is 35.1 Å². The number of nitro groups is 1. The monoisotopic (exact) mass is 895 g/mol. The van der Waals surface area contributed by atoms with Crippen LogP contribution in [0.1, 0.15) is 81.3 Å². The molecular formula is C50H61N3O10S. The van der Waals surface area contributed by atoms with Gasteiger partial charge in [-0.25, -0.2) is 0 Å². The molecule has 4 aliphatic rings. The highest BCUT2D eigenvalue weighted by Crippen LogP contribution is 2.62. The van der Waals surface area contributed by atoms with Gasteiger partial charge in [0, 0.05) is 73.4 Å². The third-order valence-electron chi connectivity index (χ3n) is 12.8. The zero-order chi connectivity index (χ0) is 44.9. The maximum absolute atomic E-state index is 14.4. The molecule has 13 nitrogen and oxygen atoms in total. The van der Waals surface area contributed by atoms with E-state index in [-0.39, 0.29) is 55.6 Å². The topological polar surface area (TPSA) is 162 Å². The van der Waals surface area contributed by atoms with E-state index in [2.05, 4.69) is 30.9 Å². The molecule has 2 N–H and O–H groups in total. The van der Waals surface area contributed by atoms with Gasteiger partial charge in [-0.1, -0.05) is 48.3 Å². The molecule has 2 aliphatic heterocycles. The molecule has 2 fully saturated rings. The van der Waals surface area contributed by atoms with Gasteiger partial charge in [0.25, 0.3) is 5.69 Å². The smallest absolute Gasteiger partial charge is 0.269 e. The van der Waals surface area contributed by atoms with Gasteiger partial charge in [-0.15, -0.1) is 18.3 Å². The lowest BCUT2D eigenvalue weighted by atomic mass is 9.55. The van der Waals surface area contributed by atoms with Crippen LogP contribution in [-0.4, -0.2) is 95.6 Å². The molecule has 64 heavy (non-hydrogen) atoms. The summed E-state index contributed by atoms with van der Waals surface area (Å²) in [6, 6.07) is 21.5. The number of benzene rings is 3. The number of carbonyl (C=O) groups excluding carboxylic acids is 1. The van der Waals surface area contributed by atoms with E-state index in [9.17, 15) is 25.1 Å². The Morgan fingerprint density at radius 3 is 2.55 bits per heavy atom. The second-order valence-electron chi connectivity index (χ2n) is 16.8. The second-order valence-corrected chi connectivity index (χ2v) is 18.0. The molecule has 14 heteroatoms. The summed E-state index contributed by atoms with van der Waals surface area (Å²) in [6.45, 7) is 5.42. The van der Waals surface area contributed by atoms with Crippen molar-refractivity contribution < 1.29 is 43.7 Å². The number of allylic oxidation sites excluding steroid dienone is 1. The van der Waals surface area contributed by atoms with Crippen LogP contribution in [-0.2, 0) is 19.1 Å². The van der Waals surface area contributed by atoms with Crippen molar-refractivity contribution in [3.05, 3.63) is 124 Å². The number of likely N-dealkylation sites (N-methyl/N-ethyl adjacent to an activating group) is 1. The molecule has 3 aromatic rings. The molecule has 3 aromatic carbocycles. The maximum atomic E-state index is 14.4. The second kappa shape index (κ2) is 22.8. The molecule has 1 amide bonds. The number of aliphatic hydroxyl groups excluding tert-OH is 2. The Balaban J connectivity index is 1.33. The number of ether oxygens (including phenoxy) is 4. The molecule has 1 unspecified atom stereocenters. The molecule has 0 radical (unpaired) electrons. The van der Waals surface area contributed by atoms with Gasteiger partial charge in [0.05, 0.1) is 36.4 Å². The molecule has 0 spiro atoms. The molecule has 7 atom stereocenters. The molecule has 1 saturated heterocycles. The third kappa shape index (κ3) is 11.1. The lowest BCUT2D eigenvalue weighted by molar-refractivity contribution is -0.384.